The van der Waals surface area contributed by atoms with Crippen molar-refractivity contribution in [1.82, 2.24) is 9.88 Å². The molecule has 4 rings (SSSR count). The fourth-order valence-corrected chi connectivity index (χ4v) is 4.52. The van der Waals surface area contributed by atoms with Crippen molar-refractivity contribution in [2.45, 2.75) is 45.5 Å². The Kier molecular flexibility index (Phi) is 7.72. The number of halogens is 3. The van der Waals surface area contributed by atoms with E-state index in [1.54, 1.807) is 25.1 Å². The van der Waals surface area contributed by atoms with Gasteiger partial charge in [-0.05, 0) is 80.3 Å². The number of nitrogens with one attached hydrogen (secondary N) is 1. The lowest BCUT2D eigenvalue weighted by Crippen LogP contribution is -2.26. The maximum atomic E-state index is 13.0. The van der Waals surface area contributed by atoms with Gasteiger partial charge in [0.15, 0.2) is 6.10 Å². The van der Waals surface area contributed by atoms with Crippen molar-refractivity contribution in [1.29, 1.82) is 0 Å². The number of ether oxygens (including phenoxy) is 1. The molecule has 2 N–H and O–H groups in total. The van der Waals surface area contributed by atoms with Gasteiger partial charge in [0.05, 0.1) is 11.6 Å². The Labute approximate surface area is 224 Å². The minimum Gasteiger partial charge on any atom is -0.479 e. The van der Waals surface area contributed by atoms with Crippen LogP contribution in [0, 0.1) is 6.92 Å². The highest BCUT2D eigenvalue weighted by Crippen LogP contribution is 2.31. The van der Waals surface area contributed by atoms with Crippen LogP contribution in [0.15, 0.2) is 66.7 Å². The van der Waals surface area contributed by atoms with Crippen molar-refractivity contribution >= 4 is 22.8 Å². The lowest BCUT2D eigenvalue weighted by molar-refractivity contribution is -0.144. The van der Waals surface area contributed by atoms with Crippen LogP contribution in [0.3, 0.4) is 0 Å². The molecule has 0 saturated carbocycles. The standard InChI is InChI=1S/C30H29F3N2O4/c1-17(21-8-11-23(12-9-21)30(31,32)33)34-28(36)22-10-13-25-26(18(2)35(4)27(25)16-22)15-20-6-5-7-24(14-20)39-19(3)29(37)38/h5-14,16-17,19H,15H2,1-4H3,(H,34,36)(H,37,38)/t17-,19?/m0/s1. The summed E-state index contributed by atoms with van der Waals surface area (Å²) in [6.45, 7) is 5.19. The number of carboxylic acids is 1. The Balaban J connectivity index is 1.54. The average molecular weight is 539 g/mol. The number of alkyl halides is 3. The molecule has 0 radical (unpaired) electrons. The van der Waals surface area contributed by atoms with Crippen molar-refractivity contribution in [2.75, 3.05) is 0 Å². The number of fused-ring (bicyclic) bond motifs is 1. The fourth-order valence-electron chi connectivity index (χ4n) is 4.52. The molecular weight excluding hydrogens is 509 g/mol. The summed E-state index contributed by atoms with van der Waals surface area (Å²) in [5.41, 5.74) is 4.17. The van der Waals surface area contributed by atoms with E-state index in [9.17, 15) is 22.8 Å². The molecule has 1 aromatic heterocycles. The first-order chi connectivity index (χ1) is 18.3. The Bertz CT molecular complexity index is 1520. The van der Waals surface area contributed by atoms with Gasteiger partial charge in [-0.25, -0.2) is 4.79 Å². The Morgan fingerprint density at radius 1 is 1.03 bits per heavy atom. The van der Waals surface area contributed by atoms with Crippen LogP contribution >= 0.6 is 0 Å². The van der Waals surface area contributed by atoms with Gasteiger partial charge in [0, 0.05) is 29.2 Å². The van der Waals surface area contributed by atoms with Gasteiger partial charge in [0.2, 0.25) is 0 Å². The monoisotopic (exact) mass is 538 g/mol. The second-order valence-electron chi connectivity index (χ2n) is 9.59. The number of rotatable bonds is 8. The highest BCUT2D eigenvalue weighted by Gasteiger charge is 2.30. The SMILES string of the molecule is Cc1c(Cc2cccc(OC(C)C(=O)O)c2)c2ccc(C(=O)N[C@@H](C)c3ccc(C(F)(F)F)cc3)cc2n1C. The molecule has 1 amide bonds. The van der Waals surface area contributed by atoms with Gasteiger partial charge >= 0.3 is 12.1 Å². The van der Waals surface area contributed by atoms with Crippen LogP contribution in [0.25, 0.3) is 10.9 Å². The minimum atomic E-state index is -4.41. The van der Waals surface area contributed by atoms with E-state index in [4.69, 9.17) is 9.84 Å². The average Bonchev–Trinajstić information content (AvgIpc) is 3.12. The summed E-state index contributed by atoms with van der Waals surface area (Å²) in [6, 6.07) is 17.0. The van der Waals surface area contributed by atoms with Crippen molar-refractivity contribution in [2.24, 2.45) is 7.05 Å². The number of nitrogens with zero attached hydrogens (tertiary/aromatic N) is 1. The van der Waals surface area contributed by atoms with Gasteiger partial charge in [0.25, 0.3) is 5.91 Å². The second-order valence-corrected chi connectivity index (χ2v) is 9.59. The second kappa shape index (κ2) is 10.8. The van der Waals surface area contributed by atoms with E-state index >= 15 is 0 Å². The molecule has 0 bridgehead atoms. The maximum Gasteiger partial charge on any atom is 0.416 e. The number of aromatic nitrogens is 1. The first kappa shape index (κ1) is 27.8. The first-order valence-corrected chi connectivity index (χ1v) is 12.4. The molecule has 0 saturated heterocycles. The predicted molar refractivity (Wildman–Crippen MR) is 142 cm³/mol. The number of carboxylic acid groups (broad SMARTS) is 1. The van der Waals surface area contributed by atoms with Gasteiger partial charge in [-0.3, -0.25) is 4.79 Å². The molecule has 3 aromatic carbocycles. The summed E-state index contributed by atoms with van der Waals surface area (Å²) in [6.07, 6.45) is -4.80. The van der Waals surface area contributed by atoms with Crippen LogP contribution in [0.1, 0.15) is 58.2 Å². The van der Waals surface area contributed by atoms with Gasteiger partial charge in [-0.1, -0.05) is 30.3 Å². The number of hydrogen-bond acceptors (Lipinski definition) is 3. The van der Waals surface area contributed by atoms with E-state index in [0.29, 0.717) is 23.3 Å². The molecule has 9 heteroatoms. The number of benzene rings is 3. The molecule has 0 aliphatic rings. The van der Waals surface area contributed by atoms with E-state index < -0.39 is 29.9 Å². The van der Waals surface area contributed by atoms with Crippen molar-refractivity contribution in [3.63, 3.8) is 0 Å². The normalized spacial score (nSPS) is 13.2. The van der Waals surface area contributed by atoms with Crippen LogP contribution in [-0.2, 0) is 24.4 Å². The zero-order valence-electron chi connectivity index (χ0n) is 22.0. The Morgan fingerprint density at radius 3 is 2.36 bits per heavy atom. The highest BCUT2D eigenvalue weighted by molar-refractivity contribution is 5.99. The van der Waals surface area contributed by atoms with Gasteiger partial charge in [-0.15, -0.1) is 0 Å². The third-order valence-electron chi connectivity index (χ3n) is 6.91. The molecule has 0 spiro atoms. The largest absolute Gasteiger partial charge is 0.479 e. The zero-order valence-corrected chi connectivity index (χ0v) is 22.0. The summed E-state index contributed by atoms with van der Waals surface area (Å²) in [7, 11) is 1.92. The number of aryl methyl sites for hydroxylation is 1. The molecule has 0 aliphatic heterocycles. The van der Waals surface area contributed by atoms with Crippen molar-refractivity contribution < 1.29 is 32.6 Å². The van der Waals surface area contributed by atoms with Gasteiger partial charge in [-0.2, -0.15) is 13.2 Å². The third-order valence-corrected chi connectivity index (χ3v) is 6.91. The predicted octanol–water partition coefficient (Wildman–Crippen LogP) is 6.44. The molecule has 0 fully saturated rings. The molecule has 2 atom stereocenters. The molecule has 204 valence electrons. The maximum absolute atomic E-state index is 13.0. The van der Waals surface area contributed by atoms with Crippen molar-refractivity contribution in [3.8, 4) is 5.75 Å². The topological polar surface area (TPSA) is 80.6 Å². The fraction of sp³-hybridized carbons (Fsp3) is 0.267. The molecule has 39 heavy (non-hydrogen) atoms. The van der Waals surface area contributed by atoms with Gasteiger partial charge < -0.3 is 19.7 Å². The molecular formula is C30H29F3N2O4. The Morgan fingerprint density at radius 2 is 1.72 bits per heavy atom. The molecule has 6 nitrogen and oxygen atoms in total. The highest BCUT2D eigenvalue weighted by atomic mass is 19.4. The lowest BCUT2D eigenvalue weighted by Gasteiger charge is -2.16. The number of hydrogen-bond donors (Lipinski definition) is 2. The van der Waals surface area contributed by atoms with Crippen LogP contribution in [0.2, 0.25) is 0 Å². The van der Waals surface area contributed by atoms with Crippen LogP contribution < -0.4 is 10.1 Å². The summed E-state index contributed by atoms with van der Waals surface area (Å²) in [4.78, 5) is 24.1. The number of carbonyl (C=O) groups excluding carboxylic acids is 1. The van der Waals surface area contributed by atoms with E-state index in [0.717, 1.165) is 39.9 Å². The Hall–Kier alpha value is -4.27. The summed E-state index contributed by atoms with van der Waals surface area (Å²) in [5, 5.41) is 13.0. The quantitative estimate of drug-likeness (QED) is 0.271. The number of aliphatic carboxylic acids is 1. The van der Waals surface area contributed by atoms with E-state index in [1.165, 1.54) is 19.1 Å². The first-order valence-electron chi connectivity index (χ1n) is 12.4. The number of amides is 1. The third kappa shape index (κ3) is 6.08. The van der Waals surface area contributed by atoms with Gasteiger partial charge in [0.1, 0.15) is 5.75 Å². The number of carbonyl (C=O) groups is 2. The summed E-state index contributed by atoms with van der Waals surface area (Å²) < 4.78 is 46.1. The van der Waals surface area contributed by atoms with E-state index in [-0.39, 0.29) is 5.91 Å². The summed E-state index contributed by atoms with van der Waals surface area (Å²) in [5.74, 6) is -0.901. The minimum absolute atomic E-state index is 0.331. The van der Waals surface area contributed by atoms with E-state index in [1.807, 2.05) is 42.8 Å². The lowest BCUT2D eigenvalue weighted by atomic mass is 10.0. The molecule has 0 aliphatic carbocycles. The molecule has 4 aromatic rings. The zero-order chi connectivity index (χ0) is 28.5. The van der Waals surface area contributed by atoms with Crippen LogP contribution in [0.5, 0.6) is 5.75 Å². The van der Waals surface area contributed by atoms with Crippen LogP contribution in [-0.4, -0.2) is 27.7 Å². The molecule has 1 unspecified atom stereocenters. The molecule has 1 heterocycles. The van der Waals surface area contributed by atoms with Crippen molar-refractivity contribution in [3.05, 3.63) is 100 Å². The smallest absolute Gasteiger partial charge is 0.416 e. The van der Waals surface area contributed by atoms with E-state index in [2.05, 4.69) is 5.32 Å². The van der Waals surface area contributed by atoms with Crippen LogP contribution in [0.4, 0.5) is 13.2 Å². The summed E-state index contributed by atoms with van der Waals surface area (Å²) >= 11 is 0.